The number of amides is 2. The fraction of sp³-hybridized carbons (Fsp3) is 0.227. The summed E-state index contributed by atoms with van der Waals surface area (Å²) in [4.78, 5) is 12.4. The minimum absolute atomic E-state index is 0.275. The number of carbonyl (C=O) groups excluding carboxylic acids is 1. The van der Waals surface area contributed by atoms with E-state index in [2.05, 4.69) is 21.3 Å². The first-order chi connectivity index (χ1) is 13.5. The minimum Gasteiger partial charge on any atom is -0.492 e. The number of benzene rings is 2. The highest BCUT2D eigenvalue weighted by Crippen LogP contribution is 2.24. The topological polar surface area (TPSA) is 55.3 Å². The van der Waals surface area contributed by atoms with E-state index in [9.17, 15) is 4.79 Å². The van der Waals surface area contributed by atoms with Crippen LogP contribution in [0.2, 0.25) is 5.02 Å². The van der Waals surface area contributed by atoms with Crippen molar-refractivity contribution in [3.8, 4) is 11.4 Å². The second-order valence-corrected chi connectivity index (χ2v) is 6.88. The smallest absolute Gasteiger partial charge is 0.319 e. The van der Waals surface area contributed by atoms with Crippen molar-refractivity contribution in [3.63, 3.8) is 0 Å². The van der Waals surface area contributed by atoms with Crippen LogP contribution in [0.1, 0.15) is 23.9 Å². The maximum atomic E-state index is 12.4. The summed E-state index contributed by atoms with van der Waals surface area (Å²) in [6.45, 7) is 6.96. The molecule has 0 aliphatic heterocycles. The number of ether oxygens (including phenoxy) is 1. The molecule has 28 heavy (non-hydrogen) atoms. The van der Waals surface area contributed by atoms with Crippen LogP contribution in [-0.2, 0) is 6.54 Å². The van der Waals surface area contributed by atoms with E-state index >= 15 is 0 Å². The Bertz CT molecular complexity index is 964. The number of nitrogens with zero attached hydrogens (tertiary/aromatic N) is 1. The fourth-order valence-electron chi connectivity index (χ4n) is 3.19. The van der Waals surface area contributed by atoms with Crippen molar-refractivity contribution in [3.05, 3.63) is 76.6 Å². The molecule has 6 heteroatoms. The van der Waals surface area contributed by atoms with Crippen LogP contribution in [0.25, 0.3) is 5.69 Å². The third-order valence-corrected chi connectivity index (χ3v) is 4.75. The summed E-state index contributed by atoms with van der Waals surface area (Å²) in [5.74, 6) is 0.654. The van der Waals surface area contributed by atoms with E-state index in [0.717, 1.165) is 22.6 Å². The summed E-state index contributed by atoms with van der Waals surface area (Å²) in [5.41, 5.74) is 4.92. The fourth-order valence-corrected chi connectivity index (χ4v) is 3.31. The standard InChI is InChI=1S/C22H24ClN3O2/c1-4-28-21-8-6-5-7-20(21)25-22(27)24-14-17-13-15(2)26(16(17)3)19-11-9-18(23)10-12-19/h5-13H,4,14H2,1-3H3,(H2,24,25,27). The molecule has 5 nitrogen and oxygen atoms in total. The molecule has 2 amide bonds. The molecular formula is C22H24ClN3O2. The SMILES string of the molecule is CCOc1ccccc1NC(=O)NCc1cc(C)n(-c2ccc(Cl)cc2)c1C. The zero-order chi connectivity index (χ0) is 20.1. The Kier molecular flexibility index (Phi) is 6.26. The lowest BCUT2D eigenvalue weighted by molar-refractivity contribution is 0.251. The lowest BCUT2D eigenvalue weighted by Crippen LogP contribution is -2.28. The number of nitrogens with one attached hydrogen (secondary N) is 2. The molecule has 0 aliphatic carbocycles. The van der Waals surface area contributed by atoms with Gasteiger partial charge in [-0.05, 0) is 68.8 Å². The third kappa shape index (κ3) is 4.49. The molecule has 2 N–H and O–H groups in total. The van der Waals surface area contributed by atoms with Crippen molar-refractivity contribution in [2.45, 2.75) is 27.3 Å². The Balaban J connectivity index is 1.69. The Morgan fingerprint density at radius 1 is 1.11 bits per heavy atom. The Labute approximate surface area is 170 Å². The molecule has 0 aliphatic rings. The van der Waals surface area contributed by atoms with E-state index in [1.165, 1.54) is 0 Å². The quantitative estimate of drug-likeness (QED) is 0.579. The van der Waals surface area contributed by atoms with Crippen LogP contribution >= 0.6 is 11.6 Å². The molecule has 3 rings (SSSR count). The summed E-state index contributed by atoms with van der Waals surface area (Å²) < 4.78 is 7.69. The minimum atomic E-state index is -0.275. The highest BCUT2D eigenvalue weighted by Gasteiger charge is 2.12. The molecule has 0 spiro atoms. The number of carbonyl (C=O) groups is 1. The number of halogens is 1. The molecule has 0 saturated heterocycles. The molecule has 1 heterocycles. The molecule has 0 unspecified atom stereocenters. The van der Waals surface area contributed by atoms with Gasteiger partial charge in [-0.15, -0.1) is 0 Å². The lowest BCUT2D eigenvalue weighted by atomic mass is 10.2. The molecule has 0 bridgehead atoms. The van der Waals surface area contributed by atoms with Gasteiger partial charge < -0.3 is 19.9 Å². The predicted molar refractivity (Wildman–Crippen MR) is 114 cm³/mol. The number of aryl methyl sites for hydroxylation is 1. The van der Waals surface area contributed by atoms with Crippen molar-refractivity contribution in [2.24, 2.45) is 0 Å². The van der Waals surface area contributed by atoms with Crippen LogP contribution in [0.4, 0.5) is 10.5 Å². The van der Waals surface area contributed by atoms with Crippen LogP contribution in [0.5, 0.6) is 5.75 Å². The first kappa shape index (κ1) is 19.8. The number of urea groups is 1. The summed E-state index contributed by atoms with van der Waals surface area (Å²) in [7, 11) is 0. The average Bonchev–Trinajstić information content (AvgIpc) is 2.96. The van der Waals surface area contributed by atoms with Gasteiger partial charge in [0.15, 0.2) is 0 Å². The Morgan fingerprint density at radius 2 is 1.82 bits per heavy atom. The van der Waals surface area contributed by atoms with E-state index in [0.29, 0.717) is 29.6 Å². The Hall–Kier alpha value is -2.92. The normalized spacial score (nSPS) is 10.6. The van der Waals surface area contributed by atoms with E-state index in [-0.39, 0.29) is 6.03 Å². The second-order valence-electron chi connectivity index (χ2n) is 6.45. The molecule has 146 valence electrons. The van der Waals surface area contributed by atoms with Crippen molar-refractivity contribution < 1.29 is 9.53 Å². The molecule has 0 radical (unpaired) electrons. The zero-order valence-corrected chi connectivity index (χ0v) is 17.0. The number of anilines is 1. The summed E-state index contributed by atoms with van der Waals surface area (Å²) in [6.07, 6.45) is 0. The average molecular weight is 398 g/mol. The van der Waals surface area contributed by atoms with Crippen LogP contribution in [0, 0.1) is 13.8 Å². The van der Waals surface area contributed by atoms with Crippen molar-refractivity contribution in [1.29, 1.82) is 0 Å². The van der Waals surface area contributed by atoms with Gasteiger partial charge in [-0.2, -0.15) is 0 Å². The second kappa shape index (κ2) is 8.85. The van der Waals surface area contributed by atoms with Gasteiger partial charge >= 0.3 is 6.03 Å². The van der Waals surface area contributed by atoms with Crippen LogP contribution in [0.3, 0.4) is 0 Å². The molecular weight excluding hydrogens is 374 g/mol. The number of hydrogen-bond donors (Lipinski definition) is 2. The summed E-state index contributed by atoms with van der Waals surface area (Å²) in [6, 6.07) is 16.9. The number of rotatable bonds is 6. The van der Waals surface area contributed by atoms with Gasteiger partial charge in [0, 0.05) is 28.6 Å². The van der Waals surface area contributed by atoms with Gasteiger partial charge in [0.25, 0.3) is 0 Å². The largest absolute Gasteiger partial charge is 0.492 e. The molecule has 0 atom stereocenters. The van der Waals surface area contributed by atoms with E-state index in [1.54, 1.807) is 0 Å². The number of hydrogen-bond acceptors (Lipinski definition) is 2. The van der Waals surface area contributed by atoms with Crippen LogP contribution < -0.4 is 15.4 Å². The van der Waals surface area contributed by atoms with Crippen molar-refractivity contribution >= 4 is 23.3 Å². The van der Waals surface area contributed by atoms with Crippen LogP contribution in [0.15, 0.2) is 54.6 Å². The Morgan fingerprint density at radius 3 is 2.54 bits per heavy atom. The van der Waals surface area contributed by atoms with Crippen LogP contribution in [-0.4, -0.2) is 17.2 Å². The summed E-state index contributed by atoms with van der Waals surface area (Å²) >= 11 is 5.99. The molecule has 1 aromatic heterocycles. The van der Waals surface area contributed by atoms with E-state index in [4.69, 9.17) is 16.3 Å². The molecule has 0 fully saturated rings. The number of para-hydroxylation sites is 2. The third-order valence-electron chi connectivity index (χ3n) is 4.50. The predicted octanol–water partition coefficient (Wildman–Crippen LogP) is 5.47. The zero-order valence-electron chi connectivity index (χ0n) is 16.3. The molecule has 3 aromatic rings. The highest BCUT2D eigenvalue weighted by atomic mass is 35.5. The van der Waals surface area contributed by atoms with Crippen molar-refractivity contribution in [2.75, 3.05) is 11.9 Å². The van der Waals surface area contributed by atoms with Crippen molar-refractivity contribution in [1.82, 2.24) is 9.88 Å². The van der Waals surface area contributed by atoms with Gasteiger partial charge in [-0.25, -0.2) is 4.79 Å². The highest BCUT2D eigenvalue weighted by molar-refractivity contribution is 6.30. The summed E-state index contributed by atoms with van der Waals surface area (Å²) in [5, 5.41) is 6.47. The molecule has 0 saturated carbocycles. The first-order valence-corrected chi connectivity index (χ1v) is 9.57. The van der Waals surface area contributed by atoms with Gasteiger partial charge in [0.1, 0.15) is 5.75 Å². The number of aromatic nitrogens is 1. The first-order valence-electron chi connectivity index (χ1n) is 9.20. The van der Waals surface area contributed by atoms with Gasteiger partial charge in [0.05, 0.1) is 12.3 Å². The monoisotopic (exact) mass is 397 g/mol. The van der Waals surface area contributed by atoms with E-state index in [1.807, 2.05) is 69.3 Å². The van der Waals surface area contributed by atoms with E-state index < -0.39 is 0 Å². The van der Waals surface area contributed by atoms with Gasteiger partial charge in [-0.3, -0.25) is 0 Å². The maximum absolute atomic E-state index is 12.4. The van der Waals surface area contributed by atoms with Gasteiger partial charge in [-0.1, -0.05) is 23.7 Å². The maximum Gasteiger partial charge on any atom is 0.319 e. The lowest BCUT2D eigenvalue weighted by Gasteiger charge is -2.12. The van der Waals surface area contributed by atoms with Gasteiger partial charge in [0.2, 0.25) is 0 Å². The molecule has 2 aromatic carbocycles.